The van der Waals surface area contributed by atoms with Crippen LogP contribution in [0.15, 0.2) is 59.6 Å². The molecular formula is C26H34N4O2. The number of nitrogens with zero attached hydrogens (tertiary/aromatic N) is 2. The molecule has 2 aromatic rings. The molecule has 0 spiro atoms. The maximum Gasteiger partial charge on any atom is 0.258 e. The Labute approximate surface area is 191 Å². The van der Waals surface area contributed by atoms with Crippen molar-refractivity contribution in [2.75, 3.05) is 32.8 Å². The molecule has 1 atom stereocenters. The zero-order valence-corrected chi connectivity index (χ0v) is 18.9. The van der Waals surface area contributed by atoms with E-state index in [1.54, 1.807) is 0 Å². The van der Waals surface area contributed by atoms with E-state index in [9.17, 15) is 4.79 Å². The Bertz CT molecular complexity index is 894. The van der Waals surface area contributed by atoms with Crippen molar-refractivity contribution in [2.24, 2.45) is 4.99 Å². The third kappa shape index (κ3) is 6.49. The number of rotatable bonds is 9. The first-order chi connectivity index (χ1) is 15.7. The second-order valence-corrected chi connectivity index (χ2v) is 8.60. The van der Waals surface area contributed by atoms with Crippen molar-refractivity contribution in [3.8, 4) is 5.75 Å². The van der Waals surface area contributed by atoms with Crippen LogP contribution in [0.4, 0.5) is 0 Å². The van der Waals surface area contributed by atoms with Gasteiger partial charge in [-0.1, -0.05) is 42.5 Å². The fourth-order valence-electron chi connectivity index (χ4n) is 4.06. The first-order valence-electron chi connectivity index (χ1n) is 11.8. The Morgan fingerprint density at radius 3 is 2.59 bits per heavy atom. The van der Waals surface area contributed by atoms with Crippen molar-refractivity contribution in [2.45, 2.75) is 44.6 Å². The minimum atomic E-state index is -0.0433. The summed E-state index contributed by atoms with van der Waals surface area (Å²) in [5.74, 6) is 2.25. The van der Waals surface area contributed by atoms with Crippen LogP contribution < -0.4 is 15.4 Å². The number of ether oxygens (including phenoxy) is 1. The Morgan fingerprint density at radius 1 is 1.09 bits per heavy atom. The fraction of sp³-hybridized carbons (Fsp3) is 0.462. The molecule has 1 unspecified atom stereocenters. The maximum absolute atomic E-state index is 11.7. The van der Waals surface area contributed by atoms with Crippen molar-refractivity contribution in [3.05, 3.63) is 65.7 Å². The van der Waals surface area contributed by atoms with E-state index >= 15 is 0 Å². The zero-order valence-electron chi connectivity index (χ0n) is 18.9. The summed E-state index contributed by atoms with van der Waals surface area (Å²) in [4.78, 5) is 19.0. The number of aliphatic imine (C=N–C) groups is 1. The van der Waals surface area contributed by atoms with Crippen molar-refractivity contribution < 1.29 is 9.53 Å². The van der Waals surface area contributed by atoms with Gasteiger partial charge in [-0.25, -0.2) is 0 Å². The monoisotopic (exact) mass is 434 g/mol. The molecule has 1 aliphatic carbocycles. The number of likely N-dealkylation sites (tertiary alicyclic amines) is 1. The highest BCUT2D eigenvalue weighted by Gasteiger charge is 2.26. The third-order valence-electron chi connectivity index (χ3n) is 5.99. The van der Waals surface area contributed by atoms with Gasteiger partial charge in [0.25, 0.3) is 5.91 Å². The molecule has 2 aliphatic rings. The first-order valence-corrected chi connectivity index (χ1v) is 11.8. The lowest BCUT2D eigenvalue weighted by Crippen LogP contribution is -2.40. The van der Waals surface area contributed by atoms with Crippen molar-refractivity contribution >= 4 is 11.9 Å². The predicted molar refractivity (Wildman–Crippen MR) is 128 cm³/mol. The summed E-state index contributed by atoms with van der Waals surface area (Å²) in [5.41, 5.74) is 2.63. The van der Waals surface area contributed by atoms with E-state index < -0.39 is 0 Å². The summed E-state index contributed by atoms with van der Waals surface area (Å²) >= 11 is 0. The third-order valence-corrected chi connectivity index (χ3v) is 5.99. The minimum absolute atomic E-state index is 0.0433. The van der Waals surface area contributed by atoms with E-state index in [0.717, 1.165) is 63.6 Å². The fourth-order valence-corrected chi connectivity index (χ4v) is 4.06. The predicted octanol–water partition coefficient (Wildman–Crippen LogP) is 3.34. The second-order valence-electron chi connectivity index (χ2n) is 8.60. The van der Waals surface area contributed by atoms with Gasteiger partial charge in [0.2, 0.25) is 0 Å². The van der Waals surface area contributed by atoms with E-state index in [4.69, 9.17) is 9.73 Å². The lowest BCUT2D eigenvalue weighted by atomic mass is 9.99. The largest absolute Gasteiger partial charge is 0.484 e. The number of benzene rings is 2. The van der Waals surface area contributed by atoms with Crippen LogP contribution in [0, 0.1) is 0 Å². The summed E-state index contributed by atoms with van der Waals surface area (Å²) < 4.78 is 5.58. The molecule has 1 aliphatic heterocycles. The molecule has 1 saturated carbocycles. The van der Waals surface area contributed by atoms with Crippen LogP contribution in [-0.4, -0.2) is 55.6 Å². The van der Waals surface area contributed by atoms with E-state index in [2.05, 4.69) is 64.9 Å². The van der Waals surface area contributed by atoms with Gasteiger partial charge in [0.1, 0.15) is 5.75 Å². The number of guanidine groups is 1. The molecule has 2 N–H and O–H groups in total. The van der Waals surface area contributed by atoms with Gasteiger partial charge in [-0.3, -0.25) is 9.79 Å². The molecule has 32 heavy (non-hydrogen) atoms. The molecule has 2 fully saturated rings. The van der Waals surface area contributed by atoms with Crippen LogP contribution in [0.1, 0.15) is 43.2 Å². The Kier molecular flexibility index (Phi) is 7.64. The summed E-state index contributed by atoms with van der Waals surface area (Å²) in [5, 5.41) is 6.39. The second kappa shape index (κ2) is 11.0. The van der Waals surface area contributed by atoms with Gasteiger partial charge in [-0.2, -0.15) is 0 Å². The zero-order chi connectivity index (χ0) is 22.2. The van der Waals surface area contributed by atoms with E-state index in [0.29, 0.717) is 12.0 Å². The molecule has 1 heterocycles. The van der Waals surface area contributed by atoms with Crippen LogP contribution in [0.3, 0.4) is 0 Å². The molecule has 4 rings (SSSR count). The van der Waals surface area contributed by atoms with Crippen molar-refractivity contribution in [1.29, 1.82) is 0 Å². The summed E-state index contributed by atoms with van der Waals surface area (Å²) in [6.07, 6.45) is 4.20. The molecule has 0 radical (unpaired) electrons. The van der Waals surface area contributed by atoms with E-state index in [-0.39, 0.29) is 12.5 Å². The van der Waals surface area contributed by atoms with Crippen LogP contribution in [0.25, 0.3) is 0 Å². The number of hydrogen-bond donors (Lipinski definition) is 2. The van der Waals surface area contributed by atoms with Crippen LogP contribution in [-0.2, 0) is 11.2 Å². The van der Waals surface area contributed by atoms with Gasteiger partial charge in [-0.15, -0.1) is 0 Å². The number of carbonyl (C=O) groups excluding carboxylic acids is 1. The normalized spacial score (nSPS) is 18.5. The molecule has 6 heteroatoms. The average molecular weight is 435 g/mol. The number of carbonyl (C=O) groups is 1. The smallest absolute Gasteiger partial charge is 0.258 e. The topological polar surface area (TPSA) is 66.0 Å². The molecule has 2 aromatic carbocycles. The van der Waals surface area contributed by atoms with Crippen molar-refractivity contribution in [1.82, 2.24) is 15.5 Å². The average Bonchev–Trinajstić information content (AvgIpc) is 3.50. The Hall–Kier alpha value is -3.02. The summed E-state index contributed by atoms with van der Waals surface area (Å²) in [6.45, 7) is 5.84. The first kappa shape index (κ1) is 22.2. The van der Waals surface area contributed by atoms with Gasteiger partial charge >= 0.3 is 0 Å². The Balaban J connectivity index is 1.25. The SMILES string of the molecule is CCNC(=NCCc1ccc(OCC(=O)NC2CC2)cc1)N1CCC(c2ccccc2)C1. The molecule has 1 saturated heterocycles. The standard InChI is InChI=1S/C26H34N4O2/c1-2-27-26(30-17-15-22(18-30)21-6-4-3-5-7-21)28-16-14-20-8-12-24(13-9-20)32-19-25(31)29-23-10-11-23/h3-9,12-13,22-23H,2,10-11,14-19H2,1H3,(H,27,28)(H,29,31). The number of hydrogen-bond acceptors (Lipinski definition) is 3. The van der Waals surface area contributed by atoms with Gasteiger partial charge < -0.3 is 20.3 Å². The highest BCUT2D eigenvalue weighted by Crippen LogP contribution is 2.27. The van der Waals surface area contributed by atoms with Crippen molar-refractivity contribution in [3.63, 3.8) is 0 Å². The minimum Gasteiger partial charge on any atom is -0.484 e. The summed E-state index contributed by atoms with van der Waals surface area (Å²) in [7, 11) is 0. The van der Waals surface area contributed by atoms with Gasteiger partial charge in [0.05, 0.1) is 0 Å². The molecular weight excluding hydrogens is 400 g/mol. The van der Waals surface area contributed by atoms with Crippen LogP contribution >= 0.6 is 0 Å². The molecule has 0 aromatic heterocycles. The van der Waals surface area contributed by atoms with E-state index in [1.165, 1.54) is 11.1 Å². The van der Waals surface area contributed by atoms with Gasteiger partial charge in [0, 0.05) is 38.1 Å². The molecule has 1 amide bonds. The van der Waals surface area contributed by atoms with Gasteiger partial charge in [-0.05, 0) is 55.9 Å². The van der Waals surface area contributed by atoms with Crippen LogP contribution in [0.5, 0.6) is 5.75 Å². The highest BCUT2D eigenvalue weighted by atomic mass is 16.5. The van der Waals surface area contributed by atoms with Gasteiger partial charge in [0.15, 0.2) is 12.6 Å². The maximum atomic E-state index is 11.7. The molecule has 6 nitrogen and oxygen atoms in total. The molecule has 170 valence electrons. The molecule has 0 bridgehead atoms. The quantitative estimate of drug-likeness (QED) is 0.469. The number of nitrogens with one attached hydrogen (secondary N) is 2. The lowest BCUT2D eigenvalue weighted by molar-refractivity contribution is -0.123. The highest BCUT2D eigenvalue weighted by molar-refractivity contribution is 5.80. The summed E-state index contributed by atoms with van der Waals surface area (Å²) in [6, 6.07) is 19.1. The Morgan fingerprint density at radius 2 is 1.88 bits per heavy atom. The van der Waals surface area contributed by atoms with E-state index in [1.807, 2.05) is 12.1 Å². The van der Waals surface area contributed by atoms with Crippen LogP contribution in [0.2, 0.25) is 0 Å². The lowest BCUT2D eigenvalue weighted by Gasteiger charge is -2.21. The number of amides is 1.